The van der Waals surface area contributed by atoms with E-state index in [2.05, 4.69) is 22.8 Å². The van der Waals surface area contributed by atoms with Crippen molar-refractivity contribution in [2.75, 3.05) is 19.7 Å². The fourth-order valence-corrected chi connectivity index (χ4v) is 4.16. The summed E-state index contributed by atoms with van der Waals surface area (Å²) in [6.45, 7) is 0.405. The van der Waals surface area contributed by atoms with E-state index in [-0.39, 0.29) is 37.9 Å². The minimum absolute atomic E-state index is 0.0352. The third kappa shape index (κ3) is 4.45. The molecule has 8 nitrogen and oxygen atoms in total. The molecule has 0 unspecified atom stereocenters. The van der Waals surface area contributed by atoms with Crippen molar-refractivity contribution in [1.29, 1.82) is 0 Å². The number of fused-ring (bicyclic) bond motifs is 3. The third-order valence-electron chi connectivity index (χ3n) is 6.24. The van der Waals surface area contributed by atoms with Crippen LogP contribution in [0.4, 0.5) is 4.79 Å². The van der Waals surface area contributed by atoms with Gasteiger partial charge in [-0.05, 0) is 35.1 Å². The first-order chi connectivity index (χ1) is 15.4. The largest absolute Gasteiger partial charge is 0.479 e. The summed E-state index contributed by atoms with van der Waals surface area (Å²) in [6, 6.07) is 16.2. The molecule has 1 saturated carbocycles. The van der Waals surface area contributed by atoms with E-state index in [1.807, 2.05) is 36.4 Å². The zero-order chi connectivity index (χ0) is 22.7. The normalized spacial score (nSPS) is 16.4. The minimum atomic E-state index is -1.51. The third-order valence-corrected chi connectivity index (χ3v) is 6.24. The van der Waals surface area contributed by atoms with Gasteiger partial charge in [0.2, 0.25) is 5.91 Å². The number of alkyl carbamates (subject to hydrolysis) is 1. The summed E-state index contributed by atoms with van der Waals surface area (Å²) in [6.07, 6.45) is -0.901. The first-order valence-electron chi connectivity index (χ1n) is 10.7. The fraction of sp³-hybridized carbons (Fsp3) is 0.375. The van der Waals surface area contributed by atoms with Crippen LogP contribution in [0.25, 0.3) is 11.1 Å². The molecule has 2 amide bonds. The summed E-state index contributed by atoms with van der Waals surface area (Å²) in [4.78, 5) is 35.4. The molecule has 0 heterocycles. The van der Waals surface area contributed by atoms with Crippen LogP contribution in [0.3, 0.4) is 0 Å². The lowest BCUT2D eigenvalue weighted by molar-refractivity contribution is -0.147. The van der Waals surface area contributed by atoms with Gasteiger partial charge in [-0.25, -0.2) is 9.59 Å². The molecule has 2 aromatic rings. The molecule has 0 spiro atoms. The maximum Gasteiger partial charge on any atom is 0.407 e. The molecule has 8 heteroatoms. The molecule has 2 aromatic carbocycles. The molecule has 2 aliphatic rings. The summed E-state index contributed by atoms with van der Waals surface area (Å²) in [7, 11) is 0. The lowest BCUT2D eigenvalue weighted by Gasteiger charge is -2.18. The highest BCUT2D eigenvalue weighted by atomic mass is 16.5. The Morgan fingerprint density at radius 2 is 1.59 bits per heavy atom. The lowest BCUT2D eigenvalue weighted by Crippen LogP contribution is -2.41. The van der Waals surface area contributed by atoms with Crippen LogP contribution in [0.1, 0.15) is 36.3 Å². The average Bonchev–Trinajstić information content (AvgIpc) is 3.53. The maximum absolute atomic E-state index is 12.4. The van der Waals surface area contributed by atoms with Crippen molar-refractivity contribution in [3.8, 4) is 11.1 Å². The van der Waals surface area contributed by atoms with Gasteiger partial charge in [0.15, 0.2) is 6.10 Å². The molecule has 0 aliphatic heterocycles. The Labute approximate surface area is 185 Å². The van der Waals surface area contributed by atoms with Gasteiger partial charge in [0.05, 0.1) is 5.41 Å². The van der Waals surface area contributed by atoms with Gasteiger partial charge in [0.25, 0.3) is 0 Å². The first-order valence-corrected chi connectivity index (χ1v) is 10.7. The van der Waals surface area contributed by atoms with E-state index in [1.165, 1.54) is 0 Å². The number of rotatable bonds is 9. The second-order valence-electron chi connectivity index (χ2n) is 8.36. The highest BCUT2D eigenvalue weighted by Gasteiger charge is 2.49. The van der Waals surface area contributed by atoms with Gasteiger partial charge in [0, 0.05) is 25.4 Å². The first kappa shape index (κ1) is 21.8. The number of ether oxygens (including phenoxy) is 1. The number of carbonyl (C=O) groups is 3. The molecule has 2 aliphatic carbocycles. The number of aliphatic carboxylic acids is 1. The molecule has 1 atom stereocenters. The van der Waals surface area contributed by atoms with Crippen LogP contribution in [0.5, 0.6) is 0 Å². The Morgan fingerprint density at radius 3 is 2.16 bits per heavy atom. The number of nitrogens with one attached hydrogen (secondary N) is 2. The van der Waals surface area contributed by atoms with Gasteiger partial charge in [-0.1, -0.05) is 48.5 Å². The number of carbonyl (C=O) groups excluding carboxylic acids is 2. The van der Waals surface area contributed by atoms with E-state index >= 15 is 0 Å². The Bertz CT molecular complexity index is 987. The smallest absolute Gasteiger partial charge is 0.407 e. The van der Waals surface area contributed by atoms with Crippen molar-refractivity contribution in [2.24, 2.45) is 5.41 Å². The van der Waals surface area contributed by atoms with Gasteiger partial charge < -0.3 is 25.6 Å². The number of aliphatic hydroxyl groups is 1. The van der Waals surface area contributed by atoms with Crippen molar-refractivity contribution < 1.29 is 29.3 Å². The highest BCUT2D eigenvalue weighted by molar-refractivity contribution is 5.86. The monoisotopic (exact) mass is 438 g/mol. The number of hydrogen-bond acceptors (Lipinski definition) is 5. The van der Waals surface area contributed by atoms with Crippen LogP contribution in [-0.4, -0.2) is 54.0 Å². The molecular formula is C24H26N2O6. The van der Waals surface area contributed by atoms with Crippen molar-refractivity contribution in [1.82, 2.24) is 10.6 Å². The van der Waals surface area contributed by atoms with Crippen LogP contribution in [0.2, 0.25) is 0 Å². The van der Waals surface area contributed by atoms with E-state index in [9.17, 15) is 19.5 Å². The minimum Gasteiger partial charge on any atom is -0.479 e. The zero-order valence-corrected chi connectivity index (χ0v) is 17.5. The Kier molecular flexibility index (Phi) is 6.14. The van der Waals surface area contributed by atoms with Gasteiger partial charge >= 0.3 is 12.1 Å². The molecule has 1 fully saturated rings. The topological polar surface area (TPSA) is 125 Å². The Balaban J connectivity index is 1.27. The van der Waals surface area contributed by atoms with Gasteiger partial charge in [-0.3, -0.25) is 4.79 Å². The molecule has 0 radical (unpaired) electrons. The van der Waals surface area contributed by atoms with E-state index in [0.29, 0.717) is 12.8 Å². The highest BCUT2D eigenvalue weighted by Crippen LogP contribution is 2.46. The predicted molar refractivity (Wildman–Crippen MR) is 116 cm³/mol. The second kappa shape index (κ2) is 9.00. The van der Waals surface area contributed by atoms with Gasteiger partial charge in [-0.2, -0.15) is 0 Å². The molecular weight excluding hydrogens is 412 g/mol. The van der Waals surface area contributed by atoms with Crippen molar-refractivity contribution in [2.45, 2.75) is 31.3 Å². The number of aliphatic hydroxyl groups excluding tert-OH is 1. The summed E-state index contributed by atoms with van der Waals surface area (Å²) in [5.74, 6) is -1.61. The van der Waals surface area contributed by atoms with Crippen molar-refractivity contribution >= 4 is 18.0 Å². The predicted octanol–water partition coefficient (Wildman–Crippen LogP) is 2.26. The second-order valence-corrected chi connectivity index (χ2v) is 8.36. The molecule has 0 aromatic heterocycles. The molecule has 0 bridgehead atoms. The standard InChI is InChI=1S/C24H26N2O6/c27-20(21(28)29)9-12-25-22(30)24(10-11-24)14-26-23(31)32-13-19-17-7-3-1-5-15(17)16-6-2-4-8-18(16)19/h1-8,19-20,27H,9-14H2,(H,25,30)(H,26,31)(H,28,29)/t20-/m0/s1. The molecule has 32 heavy (non-hydrogen) atoms. The number of carboxylic acids is 1. The molecule has 4 rings (SSSR count). The van der Waals surface area contributed by atoms with Crippen LogP contribution in [0.15, 0.2) is 48.5 Å². The van der Waals surface area contributed by atoms with Gasteiger partial charge in [-0.15, -0.1) is 0 Å². The summed E-state index contributed by atoms with van der Waals surface area (Å²) < 4.78 is 5.50. The summed E-state index contributed by atoms with van der Waals surface area (Å²) in [5.41, 5.74) is 3.86. The lowest BCUT2D eigenvalue weighted by atomic mass is 9.98. The number of benzene rings is 2. The fourth-order valence-electron chi connectivity index (χ4n) is 4.16. The van der Waals surface area contributed by atoms with E-state index in [4.69, 9.17) is 9.84 Å². The van der Waals surface area contributed by atoms with Crippen molar-refractivity contribution in [3.63, 3.8) is 0 Å². The summed E-state index contributed by atoms with van der Waals surface area (Å²) >= 11 is 0. The summed E-state index contributed by atoms with van der Waals surface area (Å²) in [5, 5.41) is 23.3. The molecule has 168 valence electrons. The molecule has 0 saturated heterocycles. The SMILES string of the molecule is O=C(NCC1(C(=O)NCC[C@H](O)C(=O)O)CC1)OCC1c2ccccc2-c2ccccc21. The average molecular weight is 438 g/mol. The van der Waals surface area contributed by atoms with Crippen molar-refractivity contribution in [3.05, 3.63) is 59.7 Å². The zero-order valence-electron chi connectivity index (χ0n) is 17.5. The quantitative estimate of drug-likeness (QED) is 0.476. The number of amides is 2. The van der Waals surface area contributed by atoms with Crippen LogP contribution in [0, 0.1) is 5.41 Å². The Morgan fingerprint density at radius 1 is 1.00 bits per heavy atom. The van der Waals surface area contributed by atoms with Crippen LogP contribution in [-0.2, 0) is 14.3 Å². The van der Waals surface area contributed by atoms with E-state index in [0.717, 1.165) is 22.3 Å². The van der Waals surface area contributed by atoms with E-state index in [1.54, 1.807) is 0 Å². The number of carboxylic acid groups (broad SMARTS) is 1. The van der Waals surface area contributed by atoms with Crippen LogP contribution < -0.4 is 10.6 Å². The van der Waals surface area contributed by atoms with E-state index < -0.39 is 23.6 Å². The molecule has 4 N–H and O–H groups in total. The van der Waals surface area contributed by atoms with Crippen LogP contribution >= 0.6 is 0 Å². The number of hydrogen-bond donors (Lipinski definition) is 4. The Hall–Kier alpha value is -3.39. The maximum atomic E-state index is 12.4. The van der Waals surface area contributed by atoms with Gasteiger partial charge in [0.1, 0.15) is 6.61 Å².